The van der Waals surface area contributed by atoms with Crippen molar-refractivity contribution in [2.24, 2.45) is 4.99 Å². The van der Waals surface area contributed by atoms with Crippen LogP contribution in [0.25, 0.3) is 0 Å². The number of aryl methyl sites for hydroxylation is 1. The maximum atomic E-state index is 12.2. The Morgan fingerprint density at radius 2 is 2.25 bits per heavy atom. The summed E-state index contributed by atoms with van der Waals surface area (Å²) in [7, 11) is 2.01. The molecule has 0 atom stereocenters. The minimum atomic E-state index is -0.00870. The third kappa shape index (κ3) is 5.01. The first kappa shape index (κ1) is 20.1. The first-order valence-corrected chi connectivity index (χ1v) is 10.4. The van der Waals surface area contributed by atoms with Gasteiger partial charge in [-0.05, 0) is 32.4 Å². The van der Waals surface area contributed by atoms with Crippen LogP contribution in [0.1, 0.15) is 24.0 Å². The van der Waals surface area contributed by atoms with E-state index in [4.69, 9.17) is 9.73 Å². The van der Waals surface area contributed by atoms with Crippen molar-refractivity contribution in [1.29, 1.82) is 0 Å². The molecule has 1 amide bonds. The molecule has 150 valence electrons. The third-order valence-electron chi connectivity index (χ3n) is 4.37. The van der Waals surface area contributed by atoms with Gasteiger partial charge in [0.1, 0.15) is 5.75 Å². The lowest BCUT2D eigenvalue weighted by Crippen LogP contribution is -2.40. The summed E-state index contributed by atoms with van der Waals surface area (Å²) < 4.78 is 5.49. The van der Waals surface area contributed by atoms with E-state index in [1.54, 1.807) is 16.2 Å². The highest BCUT2D eigenvalue weighted by Gasteiger charge is 2.24. The predicted octanol–water partition coefficient (Wildman–Crippen LogP) is 2.66. The van der Waals surface area contributed by atoms with Crippen LogP contribution in [0.15, 0.2) is 34.6 Å². The Kier molecular flexibility index (Phi) is 6.86. The van der Waals surface area contributed by atoms with E-state index in [9.17, 15) is 4.79 Å². The van der Waals surface area contributed by atoms with E-state index in [2.05, 4.69) is 27.5 Å². The molecule has 2 aromatic rings. The first-order valence-electron chi connectivity index (χ1n) is 9.51. The maximum Gasteiger partial charge on any atom is 0.265 e. The highest BCUT2D eigenvalue weighted by atomic mass is 32.1. The van der Waals surface area contributed by atoms with E-state index in [-0.39, 0.29) is 12.5 Å². The normalized spacial score (nSPS) is 13.9. The number of ether oxygens (including phenoxy) is 1. The lowest BCUT2D eigenvalue weighted by molar-refractivity contribution is -0.121. The average Bonchev–Trinajstić information content (AvgIpc) is 3.10. The van der Waals surface area contributed by atoms with E-state index in [0.717, 1.165) is 41.1 Å². The van der Waals surface area contributed by atoms with Crippen molar-refractivity contribution < 1.29 is 9.53 Å². The second-order valence-electron chi connectivity index (χ2n) is 6.60. The Bertz CT molecular complexity index is 836. The molecule has 0 unspecified atom stereocenters. The number of carbonyl (C=O) groups is 1. The lowest BCUT2D eigenvalue weighted by Gasteiger charge is -2.29. The van der Waals surface area contributed by atoms with Crippen molar-refractivity contribution in [2.45, 2.75) is 26.8 Å². The molecule has 1 aromatic heterocycles. The first-order chi connectivity index (χ1) is 13.6. The van der Waals surface area contributed by atoms with E-state index >= 15 is 0 Å². The van der Waals surface area contributed by atoms with Crippen LogP contribution in [0, 0.1) is 6.92 Å². The maximum absolute atomic E-state index is 12.2. The van der Waals surface area contributed by atoms with Crippen LogP contribution < -0.4 is 15.0 Å². The van der Waals surface area contributed by atoms with Crippen molar-refractivity contribution >= 4 is 28.9 Å². The van der Waals surface area contributed by atoms with Gasteiger partial charge in [-0.25, -0.2) is 4.98 Å². The fraction of sp³-hybridized carbons (Fsp3) is 0.450. The fourth-order valence-electron chi connectivity index (χ4n) is 3.08. The summed E-state index contributed by atoms with van der Waals surface area (Å²) in [4.78, 5) is 25.3. The van der Waals surface area contributed by atoms with Crippen molar-refractivity contribution in [3.63, 3.8) is 0 Å². The quantitative estimate of drug-likeness (QED) is 0.439. The van der Waals surface area contributed by atoms with Gasteiger partial charge in [0.2, 0.25) is 0 Å². The van der Waals surface area contributed by atoms with Gasteiger partial charge in [0.15, 0.2) is 12.6 Å². The Labute approximate surface area is 170 Å². The van der Waals surface area contributed by atoms with Gasteiger partial charge in [0, 0.05) is 32.1 Å². The molecule has 1 aromatic carbocycles. The SMILES string of the molecule is CCNC(=NCCCN1C(=O)COc2ccccc21)N(C)Cc1csc(C)n1. The van der Waals surface area contributed by atoms with Crippen molar-refractivity contribution in [2.75, 3.05) is 38.2 Å². The number of guanidine groups is 1. The van der Waals surface area contributed by atoms with Gasteiger partial charge < -0.3 is 19.9 Å². The highest BCUT2D eigenvalue weighted by Crippen LogP contribution is 2.31. The highest BCUT2D eigenvalue weighted by molar-refractivity contribution is 7.09. The van der Waals surface area contributed by atoms with Crippen molar-refractivity contribution in [3.05, 3.63) is 40.3 Å². The third-order valence-corrected chi connectivity index (χ3v) is 5.19. The zero-order valence-corrected chi connectivity index (χ0v) is 17.5. The molecule has 1 aliphatic heterocycles. The zero-order valence-electron chi connectivity index (χ0n) is 16.6. The average molecular weight is 402 g/mol. The Balaban J connectivity index is 1.57. The molecule has 8 heteroatoms. The van der Waals surface area contributed by atoms with Gasteiger partial charge >= 0.3 is 0 Å². The number of aromatic nitrogens is 1. The fourth-order valence-corrected chi connectivity index (χ4v) is 3.69. The van der Waals surface area contributed by atoms with Gasteiger partial charge in [-0.2, -0.15) is 0 Å². The molecule has 3 rings (SSSR count). The summed E-state index contributed by atoms with van der Waals surface area (Å²) >= 11 is 1.66. The zero-order chi connectivity index (χ0) is 19.9. The topological polar surface area (TPSA) is 70.1 Å². The molecule has 0 saturated heterocycles. The Morgan fingerprint density at radius 3 is 3.00 bits per heavy atom. The number of hydrogen-bond donors (Lipinski definition) is 1. The van der Waals surface area contributed by atoms with Crippen LogP contribution in [0.2, 0.25) is 0 Å². The van der Waals surface area contributed by atoms with Crippen LogP contribution >= 0.6 is 11.3 Å². The smallest absolute Gasteiger partial charge is 0.265 e. The van der Waals surface area contributed by atoms with Crippen LogP contribution in [0.4, 0.5) is 5.69 Å². The Morgan fingerprint density at radius 1 is 1.43 bits per heavy atom. The van der Waals surface area contributed by atoms with E-state index < -0.39 is 0 Å². The summed E-state index contributed by atoms with van der Waals surface area (Å²) in [6.45, 7) is 6.93. The Hall–Kier alpha value is -2.61. The number of amides is 1. The molecule has 0 bridgehead atoms. The number of benzene rings is 1. The van der Waals surface area contributed by atoms with Crippen LogP contribution in [0.5, 0.6) is 5.75 Å². The summed E-state index contributed by atoms with van der Waals surface area (Å²) in [5, 5.41) is 6.47. The molecule has 0 fully saturated rings. The van der Waals surface area contributed by atoms with Gasteiger partial charge in [-0.3, -0.25) is 9.79 Å². The van der Waals surface area contributed by atoms with E-state index in [1.807, 2.05) is 38.2 Å². The van der Waals surface area contributed by atoms with E-state index in [1.165, 1.54) is 0 Å². The van der Waals surface area contributed by atoms with Crippen LogP contribution in [-0.4, -0.2) is 55.0 Å². The molecule has 7 nitrogen and oxygen atoms in total. The van der Waals surface area contributed by atoms with Crippen molar-refractivity contribution in [1.82, 2.24) is 15.2 Å². The molecule has 2 heterocycles. The summed E-state index contributed by atoms with van der Waals surface area (Å²) in [6, 6.07) is 7.65. The summed E-state index contributed by atoms with van der Waals surface area (Å²) in [6.07, 6.45) is 0.776. The number of anilines is 1. The molecule has 28 heavy (non-hydrogen) atoms. The largest absolute Gasteiger partial charge is 0.482 e. The number of rotatable bonds is 7. The summed E-state index contributed by atoms with van der Waals surface area (Å²) in [5.74, 6) is 1.60. The second kappa shape index (κ2) is 9.54. The van der Waals surface area contributed by atoms with Gasteiger partial charge in [-0.15, -0.1) is 11.3 Å². The number of aliphatic imine (C=N–C) groups is 1. The molecular weight excluding hydrogens is 374 g/mol. The van der Waals surface area contributed by atoms with Crippen LogP contribution in [0.3, 0.4) is 0 Å². The molecule has 1 aliphatic rings. The van der Waals surface area contributed by atoms with E-state index in [0.29, 0.717) is 19.6 Å². The molecule has 0 spiro atoms. The number of hydrogen-bond acceptors (Lipinski definition) is 5. The number of nitrogens with zero attached hydrogens (tertiary/aromatic N) is 4. The molecule has 0 saturated carbocycles. The standard InChI is InChI=1S/C20H27N5O2S/c1-4-21-20(24(3)12-16-14-28-15(2)23-16)22-10-7-11-25-17-8-5-6-9-18(17)27-13-19(25)26/h5-6,8-9,14H,4,7,10-13H2,1-3H3,(H,21,22). The number of carbonyl (C=O) groups excluding carboxylic acids is 1. The molecule has 0 aliphatic carbocycles. The van der Waals surface area contributed by atoms with Gasteiger partial charge in [0.25, 0.3) is 5.91 Å². The molecular formula is C20H27N5O2S. The van der Waals surface area contributed by atoms with Gasteiger partial charge in [0.05, 0.1) is 22.9 Å². The summed E-state index contributed by atoms with van der Waals surface area (Å²) in [5.41, 5.74) is 1.89. The minimum Gasteiger partial charge on any atom is -0.482 e. The monoisotopic (exact) mass is 401 g/mol. The number of fused-ring (bicyclic) bond motifs is 1. The van der Waals surface area contributed by atoms with Crippen LogP contribution in [-0.2, 0) is 11.3 Å². The predicted molar refractivity (Wildman–Crippen MR) is 113 cm³/mol. The number of para-hydroxylation sites is 2. The van der Waals surface area contributed by atoms with Crippen molar-refractivity contribution in [3.8, 4) is 5.75 Å². The number of thiazole rings is 1. The molecule has 1 N–H and O–H groups in total. The number of nitrogens with one attached hydrogen (secondary N) is 1. The van der Waals surface area contributed by atoms with Gasteiger partial charge in [-0.1, -0.05) is 12.1 Å². The minimum absolute atomic E-state index is 0.00870. The molecule has 0 radical (unpaired) electrons. The second-order valence-corrected chi connectivity index (χ2v) is 7.67. The lowest BCUT2D eigenvalue weighted by atomic mass is 10.2.